The molecule has 0 radical (unpaired) electrons. The summed E-state index contributed by atoms with van der Waals surface area (Å²) in [5.41, 5.74) is 4.54. The Morgan fingerprint density at radius 3 is 2.88 bits per heavy atom. The van der Waals surface area contributed by atoms with Crippen LogP contribution in [0.2, 0.25) is 0 Å². The van der Waals surface area contributed by atoms with Crippen LogP contribution in [0.4, 0.5) is 5.69 Å². The maximum Gasteiger partial charge on any atom is 0.258 e. The summed E-state index contributed by atoms with van der Waals surface area (Å²) in [5, 5.41) is 11.2. The minimum atomic E-state index is -0.0370. The molecule has 1 amide bonds. The highest BCUT2D eigenvalue weighted by Gasteiger charge is 2.27. The van der Waals surface area contributed by atoms with Gasteiger partial charge in [0.25, 0.3) is 5.91 Å². The van der Waals surface area contributed by atoms with Crippen molar-refractivity contribution in [3.05, 3.63) is 59.4 Å². The summed E-state index contributed by atoms with van der Waals surface area (Å²) in [7, 11) is 1.57. The first-order valence-corrected chi connectivity index (χ1v) is 8.01. The number of tetrazole rings is 1. The third-order valence-corrected chi connectivity index (χ3v) is 4.46. The number of para-hydroxylation sites is 1. The van der Waals surface area contributed by atoms with E-state index in [2.05, 4.69) is 21.6 Å². The van der Waals surface area contributed by atoms with Crippen molar-refractivity contribution in [1.29, 1.82) is 0 Å². The molecular formula is C18H17N5O2. The Morgan fingerprint density at radius 1 is 1.24 bits per heavy atom. The van der Waals surface area contributed by atoms with Crippen molar-refractivity contribution in [1.82, 2.24) is 20.2 Å². The van der Waals surface area contributed by atoms with Gasteiger partial charge in [0.15, 0.2) is 0 Å². The first-order valence-electron chi connectivity index (χ1n) is 8.01. The molecule has 1 aliphatic heterocycles. The maximum absolute atomic E-state index is 13.1. The summed E-state index contributed by atoms with van der Waals surface area (Å²) in [6.07, 6.45) is 2.35. The normalized spacial score (nSPS) is 13.0. The molecule has 2 aromatic carbocycles. The zero-order chi connectivity index (χ0) is 17.4. The first-order chi connectivity index (χ1) is 12.2. The SMILES string of the molecule is COc1ccc(C(=O)N2CCc3cccc(C)c32)cc1-n1cnnn1. The second kappa shape index (κ2) is 6.01. The van der Waals surface area contributed by atoms with Crippen LogP contribution < -0.4 is 9.64 Å². The molecule has 0 atom stereocenters. The summed E-state index contributed by atoms with van der Waals surface area (Å²) in [6, 6.07) is 11.4. The van der Waals surface area contributed by atoms with Crippen LogP contribution in [0.15, 0.2) is 42.7 Å². The van der Waals surface area contributed by atoms with Gasteiger partial charge in [-0.05, 0) is 53.1 Å². The molecule has 0 aliphatic carbocycles. The van der Waals surface area contributed by atoms with Gasteiger partial charge in [0.2, 0.25) is 0 Å². The standard InChI is InChI=1S/C18H17N5O2/c1-12-4-3-5-13-8-9-22(17(12)13)18(24)14-6-7-16(25-2)15(10-14)23-11-19-20-21-23/h3-7,10-11H,8-9H2,1-2H3. The fourth-order valence-corrected chi connectivity index (χ4v) is 3.28. The minimum absolute atomic E-state index is 0.0370. The molecule has 0 N–H and O–H groups in total. The van der Waals surface area contributed by atoms with Gasteiger partial charge in [-0.2, -0.15) is 4.68 Å². The van der Waals surface area contributed by atoms with E-state index in [-0.39, 0.29) is 5.91 Å². The number of rotatable bonds is 3. The topological polar surface area (TPSA) is 73.1 Å². The van der Waals surface area contributed by atoms with Crippen molar-refractivity contribution in [2.75, 3.05) is 18.6 Å². The highest BCUT2D eigenvalue weighted by Crippen LogP contribution is 2.33. The van der Waals surface area contributed by atoms with E-state index in [1.165, 1.54) is 16.6 Å². The van der Waals surface area contributed by atoms with Crippen molar-refractivity contribution in [2.24, 2.45) is 0 Å². The average molecular weight is 335 g/mol. The smallest absolute Gasteiger partial charge is 0.258 e. The van der Waals surface area contributed by atoms with Gasteiger partial charge in [-0.1, -0.05) is 18.2 Å². The van der Waals surface area contributed by atoms with E-state index in [1.54, 1.807) is 25.3 Å². The Morgan fingerprint density at radius 2 is 2.12 bits per heavy atom. The number of carbonyl (C=O) groups excluding carboxylic acids is 1. The van der Waals surface area contributed by atoms with E-state index in [0.717, 1.165) is 17.7 Å². The van der Waals surface area contributed by atoms with Crippen molar-refractivity contribution >= 4 is 11.6 Å². The molecule has 4 rings (SSSR count). The van der Waals surface area contributed by atoms with Crippen LogP contribution in [0.3, 0.4) is 0 Å². The largest absolute Gasteiger partial charge is 0.494 e. The quantitative estimate of drug-likeness (QED) is 0.733. The van der Waals surface area contributed by atoms with Crippen LogP contribution in [0.5, 0.6) is 5.75 Å². The van der Waals surface area contributed by atoms with Crippen LogP contribution in [0.1, 0.15) is 21.5 Å². The van der Waals surface area contributed by atoms with Gasteiger partial charge < -0.3 is 9.64 Å². The monoisotopic (exact) mass is 335 g/mol. The molecule has 0 spiro atoms. The number of benzene rings is 2. The van der Waals surface area contributed by atoms with Crippen molar-refractivity contribution in [3.8, 4) is 11.4 Å². The second-order valence-corrected chi connectivity index (χ2v) is 5.93. The predicted molar refractivity (Wildman–Crippen MR) is 92.3 cm³/mol. The average Bonchev–Trinajstić information content (AvgIpc) is 3.31. The summed E-state index contributed by atoms with van der Waals surface area (Å²) >= 11 is 0. The van der Waals surface area contributed by atoms with E-state index in [0.29, 0.717) is 23.5 Å². The molecule has 3 aromatic rings. The molecule has 0 bridgehead atoms. The Kier molecular flexibility index (Phi) is 3.68. The molecular weight excluding hydrogens is 318 g/mol. The molecule has 0 unspecified atom stereocenters. The summed E-state index contributed by atoms with van der Waals surface area (Å²) in [6.45, 7) is 2.72. The molecule has 2 heterocycles. The number of amides is 1. The van der Waals surface area contributed by atoms with Crippen LogP contribution in [-0.2, 0) is 6.42 Å². The Hall–Kier alpha value is -3.22. The number of ether oxygens (including phenoxy) is 1. The number of hydrogen-bond donors (Lipinski definition) is 0. The van der Waals surface area contributed by atoms with E-state index in [9.17, 15) is 4.79 Å². The Balaban J connectivity index is 1.74. The molecule has 0 saturated carbocycles. The highest BCUT2D eigenvalue weighted by molar-refractivity contribution is 6.08. The predicted octanol–water partition coefficient (Wildman–Crippen LogP) is 2.18. The van der Waals surface area contributed by atoms with Crippen LogP contribution >= 0.6 is 0 Å². The van der Waals surface area contributed by atoms with E-state index in [4.69, 9.17) is 4.74 Å². The second-order valence-electron chi connectivity index (χ2n) is 5.93. The number of aryl methyl sites for hydroxylation is 1. The van der Waals surface area contributed by atoms with Gasteiger partial charge >= 0.3 is 0 Å². The number of methoxy groups -OCH3 is 1. The van der Waals surface area contributed by atoms with Crippen LogP contribution in [-0.4, -0.2) is 39.8 Å². The van der Waals surface area contributed by atoms with Gasteiger partial charge in [0, 0.05) is 12.1 Å². The lowest BCUT2D eigenvalue weighted by atomic mass is 10.1. The molecule has 0 fully saturated rings. The number of aromatic nitrogens is 4. The minimum Gasteiger partial charge on any atom is -0.494 e. The van der Waals surface area contributed by atoms with Crippen LogP contribution in [0.25, 0.3) is 5.69 Å². The number of fused-ring (bicyclic) bond motifs is 1. The van der Waals surface area contributed by atoms with Gasteiger partial charge in [-0.25, -0.2) is 0 Å². The number of nitrogens with zero attached hydrogens (tertiary/aromatic N) is 5. The maximum atomic E-state index is 13.1. The molecule has 1 aliphatic rings. The zero-order valence-electron chi connectivity index (χ0n) is 14.0. The van der Waals surface area contributed by atoms with Crippen LogP contribution in [0, 0.1) is 6.92 Å². The fraction of sp³-hybridized carbons (Fsp3) is 0.222. The van der Waals surface area contributed by atoms with Crippen molar-refractivity contribution in [2.45, 2.75) is 13.3 Å². The van der Waals surface area contributed by atoms with Crippen molar-refractivity contribution in [3.63, 3.8) is 0 Å². The number of carbonyl (C=O) groups is 1. The van der Waals surface area contributed by atoms with Crippen molar-refractivity contribution < 1.29 is 9.53 Å². The molecule has 0 saturated heterocycles. The molecule has 7 heteroatoms. The summed E-state index contributed by atoms with van der Waals surface area (Å²) in [4.78, 5) is 15.0. The fourth-order valence-electron chi connectivity index (χ4n) is 3.28. The van der Waals surface area contributed by atoms with E-state index in [1.807, 2.05) is 24.0 Å². The Bertz CT molecular complexity index is 937. The zero-order valence-corrected chi connectivity index (χ0v) is 14.0. The third-order valence-electron chi connectivity index (χ3n) is 4.46. The van der Waals surface area contributed by atoms with Gasteiger partial charge in [-0.15, -0.1) is 5.10 Å². The number of anilines is 1. The lowest BCUT2D eigenvalue weighted by molar-refractivity contribution is 0.0989. The Labute approximate surface area is 144 Å². The van der Waals surface area contributed by atoms with Gasteiger partial charge in [0.1, 0.15) is 17.8 Å². The third kappa shape index (κ3) is 2.53. The molecule has 7 nitrogen and oxygen atoms in total. The first kappa shape index (κ1) is 15.3. The number of hydrogen-bond acceptors (Lipinski definition) is 5. The molecule has 1 aromatic heterocycles. The lowest BCUT2D eigenvalue weighted by Crippen LogP contribution is -2.29. The summed E-state index contributed by atoms with van der Waals surface area (Å²) in [5.74, 6) is 0.562. The van der Waals surface area contributed by atoms with E-state index < -0.39 is 0 Å². The lowest BCUT2D eigenvalue weighted by Gasteiger charge is -2.20. The van der Waals surface area contributed by atoms with Gasteiger partial charge in [-0.3, -0.25) is 4.79 Å². The van der Waals surface area contributed by atoms with E-state index >= 15 is 0 Å². The van der Waals surface area contributed by atoms with Gasteiger partial charge in [0.05, 0.1) is 12.8 Å². The highest BCUT2D eigenvalue weighted by atomic mass is 16.5. The summed E-state index contributed by atoms with van der Waals surface area (Å²) < 4.78 is 6.85. The molecule has 25 heavy (non-hydrogen) atoms. The molecule has 126 valence electrons.